The minimum atomic E-state index is -0.865. The summed E-state index contributed by atoms with van der Waals surface area (Å²) in [5, 5.41) is 21.1. The number of rotatable bonds is 9. The molecule has 6 aliphatic rings. The van der Waals surface area contributed by atoms with Crippen molar-refractivity contribution < 1.29 is 29.3 Å². The van der Waals surface area contributed by atoms with Crippen LogP contribution < -0.4 is 0 Å². The summed E-state index contributed by atoms with van der Waals surface area (Å²) in [6.07, 6.45) is 10.2. The monoisotopic (exact) mass is 654 g/mol. The van der Waals surface area contributed by atoms with E-state index in [1.54, 1.807) is 12.1 Å². The molecule has 6 nitrogen and oxygen atoms in total. The maximum Gasteiger partial charge on any atom is 0.340 e. The number of phenolic OH excluding ortho intramolecular Hbond substituents is 1. The van der Waals surface area contributed by atoms with Gasteiger partial charge in [0.05, 0.1) is 11.0 Å². The van der Waals surface area contributed by atoms with Gasteiger partial charge in [0.15, 0.2) is 0 Å². The first-order chi connectivity index (χ1) is 23.9. The molecule has 4 aliphatic carbocycles. The lowest BCUT2D eigenvalue weighted by atomic mass is 9.44. The molecule has 1 saturated carbocycles. The molecule has 1 saturated heterocycles. The summed E-state index contributed by atoms with van der Waals surface area (Å²) in [4.78, 5) is 28.4. The Hall–Kier alpha value is -4.68. The Labute approximate surface area is 287 Å². The molecule has 5 atom stereocenters. The summed E-state index contributed by atoms with van der Waals surface area (Å²) in [6.45, 7) is 2.11. The molecule has 0 unspecified atom stereocenters. The fraction of sp³-hybridized carbons (Fsp3) is 0.349. The fourth-order valence-corrected chi connectivity index (χ4v) is 9.66. The molecular weight excluding hydrogens is 612 g/mol. The average Bonchev–Trinajstić information content (AvgIpc) is 3.60. The van der Waals surface area contributed by atoms with Crippen molar-refractivity contribution in [3.05, 3.63) is 130 Å². The van der Waals surface area contributed by atoms with E-state index >= 15 is 0 Å². The second kappa shape index (κ2) is 12.6. The highest BCUT2D eigenvalue weighted by molar-refractivity contribution is 6.07. The molecule has 49 heavy (non-hydrogen) atoms. The number of hydrogen-bond acceptors (Lipinski definition) is 6. The Bertz CT molecular complexity index is 1930. The van der Waals surface area contributed by atoms with Gasteiger partial charge in [-0.3, -0.25) is 0 Å². The quantitative estimate of drug-likeness (QED) is 0.225. The molecule has 0 radical (unpaired) electrons. The fourth-order valence-electron chi connectivity index (χ4n) is 9.66. The number of carbonyl (C=O) groups excluding carboxylic acids is 2. The van der Waals surface area contributed by atoms with Crippen molar-refractivity contribution in [2.45, 2.75) is 58.3 Å². The Morgan fingerprint density at radius 3 is 2.45 bits per heavy atom. The van der Waals surface area contributed by atoms with E-state index in [1.165, 1.54) is 0 Å². The molecule has 9 rings (SSSR count). The molecule has 250 valence electrons. The van der Waals surface area contributed by atoms with Crippen molar-refractivity contribution in [2.75, 3.05) is 6.61 Å². The number of aliphatic hydroxyl groups is 1. The molecule has 3 aromatic carbocycles. The van der Waals surface area contributed by atoms with Crippen LogP contribution in [0.1, 0.15) is 63.0 Å². The van der Waals surface area contributed by atoms with Gasteiger partial charge in [-0.05, 0) is 115 Å². The molecule has 1 spiro atoms. The molecule has 3 aromatic rings. The summed E-state index contributed by atoms with van der Waals surface area (Å²) in [7, 11) is 0. The molecule has 2 aliphatic heterocycles. The highest BCUT2D eigenvalue weighted by Gasteiger charge is 2.68. The second-order valence-corrected chi connectivity index (χ2v) is 14.2. The van der Waals surface area contributed by atoms with E-state index in [-0.39, 0.29) is 48.0 Å². The van der Waals surface area contributed by atoms with Crippen molar-refractivity contribution in [2.24, 2.45) is 29.1 Å². The van der Waals surface area contributed by atoms with Crippen molar-refractivity contribution in [3.63, 3.8) is 0 Å². The number of unbranched alkanes of at least 4 members (excludes halogenated alkanes) is 1. The van der Waals surface area contributed by atoms with Crippen LogP contribution >= 0.6 is 0 Å². The van der Waals surface area contributed by atoms with Crippen LogP contribution in [0.25, 0.3) is 16.7 Å². The number of aromatic hydroxyl groups is 1. The summed E-state index contributed by atoms with van der Waals surface area (Å²) < 4.78 is 12.4. The van der Waals surface area contributed by atoms with Gasteiger partial charge < -0.3 is 19.7 Å². The maximum absolute atomic E-state index is 14.5. The zero-order valence-corrected chi connectivity index (χ0v) is 27.9. The molecule has 0 aromatic heterocycles. The summed E-state index contributed by atoms with van der Waals surface area (Å²) >= 11 is 0. The van der Waals surface area contributed by atoms with Gasteiger partial charge in [-0.15, -0.1) is 0 Å². The average molecular weight is 655 g/mol. The lowest BCUT2D eigenvalue weighted by Gasteiger charge is -2.56. The normalized spacial score (nSPS) is 27.7. The minimum absolute atomic E-state index is 0.00103. The number of cyclic esters (lactones) is 2. The van der Waals surface area contributed by atoms with E-state index in [0.717, 1.165) is 65.5 Å². The topological polar surface area (TPSA) is 93.1 Å². The summed E-state index contributed by atoms with van der Waals surface area (Å²) in [5.74, 6) is 0.473. The van der Waals surface area contributed by atoms with E-state index in [4.69, 9.17) is 9.47 Å². The first kappa shape index (κ1) is 31.6. The SMILES string of the molecule is CCC/C=C1\OC(=O)C2=C1CC[C@H]1[C@H]3CC[C@]4(C(=C3c3cc(O)ccc3-c3ccccc3)C(=O)O/C4=C\[C@H](CCO)Cc3ccccc3)[C@@H]21. The van der Waals surface area contributed by atoms with Gasteiger partial charge in [0.1, 0.15) is 17.3 Å². The van der Waals surface area contributed by atoms with Crippen molar-refractivity contribution in [1.82, 2.24) is 0 Å². The number of aliphatic hydroxyl groups excluding tert-OH is 1. The van der Waals surface area contributed by atoms with Crippen LogP contribution in [0.3, 0.4) is 0 Å². The number of fused-ring (bicyclic) bond motifs is 1. The number of ether oxygens (including phenoxy) is 2. The number of hydrogen-bond donors (Lipinski definition) is 2. The van der Waals surface area contributed by atoms with E-state index in [9.17, 15) is 19.8 Å². The summed E-state index contributed by atoms with van der Waals surface area (Å²) in [6, 6.07) is 25.7. The molecule has 2 N–H and O–H groups in total. The largest absolute Gasteiger partial charge is 0.508 e. The third kappa shape index (κ3) is 5.11. The number of allylic oxidation sites excluding steroid dienone is 5. The second-order valence-electron chi connectivity index (χ2n) is 14.2. The van der Waals surface area contributed by atoms with Crippen LogP contribution in [-0.4, -0.2) is 28.8 Å². The minimum Gasteiger partial charge on any atom is -0.508 e. The highest BCUT2D eigenvalue weighted by atomic mass is 16.5. The number of benzene rings is 3. The lowest BCUT2D eigenvalue weighted by Crippen LogP contribution is -2.52. The van der Waals surface area contributed by atoms with Crippen molar-refractivity contribution >= 4 is 17.5 Å². The van der Waals surface area contributed by atoms with E-state index < -0.39 is 5.41 Å². The van der Waals surface area contributed by atoms with Gasteiger partial charge >= 0.3 is 11.9 Å². The standard InChI is InChI=1S/C43H42O6/c1-2-3-14-35-33-18-17-32-31-19-21-43(39(32)38(33)41(46)48-35)36(24-27(20-22-44)23-26-10-6-4-7-11-26)49-42(47)40(43)37(31)34-25-29(45)15-16-30(34)28-12-8-5-9-13-28/h4-16,24-25,27,31-32,39,44-45H,2-3,17-23H2,1H3/b35-14-,36-24-/t27-,31-,32+,39-,43-/m1/s1. The predicted molar refractivity (Wildman–Crippen MR) is 187 cm³/mol. The zero-order chi connectivity index (χ0) is 33.7. The smallest absolute Gasteiger partial charge is 0.340 e. The molecule has 0 amide bonds. The number of phenols is 1. The van der Waals surface area contributed by atoms with Crippen LogP contribution in [0.15, 0.2) is 119 Å². The van der Waals surface area contributed by atoms with Gasteiger partial charge in [0.25, 0.3) is 0 Å². The van der Waals surface area contributed by atoms with Gasteiger partial charge in [-0.25, -0.2) is 9.59 Å². The predicted octanol–water partition coefficient (Wildman–Crippen LogP) is 8.47. The highest BCUT2D eigenvalue weighted by Crippen LogP contribution is 2.72. The Kier molecular flexibility index (Phi) is 8.15. The van der Waals surface area contributed by atoms with Gasteiger partial charge in [0, 0.05) is 23.7 Å². The maximum atomic E-state index is 14.5. The van der Waals surface area contributed by atoms with Crippen LogP contribution in [0, 0.1) is 29.1 Å². The molecule has 2 heterocycles. The zero-order valence-electron chi connectivity index (χ0n) is 27.9. The molecule has 2 fully saturated rings. The third-order valence-corrected chi connectivity index (χ3v) is 11.6. The van der Waals surface area contributed by atoms with E-state index in [0.29, 0.717) is 41.9 Å². The number of esters is 2. The lowest BCUT2D eigenvalue weighted by molar-refractivity contribution is -0.135. The summed E-state index contributed by atoms with van der Waals surface area (Å²) in [5.41, 5.74) is 6.34. The Morgan fingerprint density at radius 1 is 0.918 bits per heavy atom. The molecular formula is C43H42O6. The van der Waals surface area contributed by atoms with Crippen molar-refractivity contribution in [1.29, 1.82) is 0 Å². The first-order valence-corrected chi connectivity index (χ1v) is 17.8. The van der Waals surface area contributed by atoms with E-state index in [2.05, 4.69) is 37.3 Å². The molecule has 2 bridgehead atoms. The van der Waals surface area contributed by atoms with Crippen LogP contribution in [0.4, 0.5) is 0 Å². The van der Waals surface area contributed by atoms with Gasteiger partial charge in [-0.1, -0.05) is 80.1 Å². The van der Waals surface area contributed by atoms with Crippen molar-refractivity contribution in [3.8, 4) is 16.9 Å². The number of carbonyl (C=O) groups is 2. The van der Waals surface area contributed by atoms with E-state index in [1.807, 2.05) is 48.5 Å². The van der Waals surface area contributed by atoms with Crippen LogP contribution in [-0.2, 0) is 25.5 Å². The molecule has 6 heteroatoms. The van der Waals surface area contributed by atoms with Crippen LogP contribution in [0.2, 0.25) is 0 Å². The first-order valence-electron chi connectivity index (χ1n) is 17.8. The van der Waals surface area contributed by atoms with Gasteiger partial charge in [-0.2, -0.15) is 0 Å². The van der Waals surface area contributed by atoms with Gasteiger partial charge in [0.2, 0.25) is 0 Å². The Morgan fingerprint density at radius 2 is 1.69 bits per heavy atom. The third-order valence-electron chi connectivity index (χ3n) is 11.6. The van der Waals surface area contributed by atoms with Crippen LogP contribution in [0.5, 0.6) is 5.75 Å². The Balaban J connectivity index is 1.37.